The van der Waals surface area contributed by atoms with E-state index in [-0.39, 0.29) is 0 Å². The summed E-state index contributed by atoms with van der Waals surface area (Å²) < 4.78 is 21.5. The molecular formula is C24H32N2O4. The van der Waals surface area contributed by atoms with Crippen LogP contribution in [0.1, 0.15) is 31.0 Å². The maximum absolute atomic E-state index is 5.43. The maximum Gasteiger partial charge on any atom is 0.161 e. The average molecular weight is 413 g/mol. The van der Waals surface area contributed by atoms with E-state index in [2.05, 4.69) is 11.9 Å². The van der Waals surface area contributed by atoms with Gasteiger partial charge in [0.1, 0.15) is 0 Å². The third kappa shape index (κ3) is 5.76. The molecule has 0 spiro atoms. The van der Waals surface area contributed by atoms with Crippen molar-refractivity contribution in [2.45, 2.75) is 26.2 Å². The smallest absolute Gasteiger partial charge is 0.161 e. The minimum Gasteiger partial charge on any atom is -0.493 e. The first-order valence-electron chi connectivity index (χ1n) is 10.0. The van der Waals surface area contributed by atoms with Crippen LogP contribution in [0.15, 0.2) is 42.6 Å². The van der Waals surface area contributed by atoms with Gasteiger partial charge in [-0.2, -0.15) is 0 Å². The van der Waals surface area contributed by atoms with Gasteiger partial charge in [-0.05, 0) is 54.2 Å². The molecule has 0 unspecified atom stereocenters. The van der Waals surface area contributed by atoms with Gasteiger partial charge in [-0.15, -0.1) is 0 Å². The number of benzene rings is 2. The van der Waals surface area contributed by atoms with Crippen molar-refractivity contribution in [3.8, 4) is 23.0 Å². The summed E-state index contributed by atoms with van der Waals surface area (Å²) in [4.78, 5) is 4.56. The number of pyridine rings is 1. The van der Waals surface area contributed by atoms with Gasteiger partial charge in [-0.3, -0.25) is 4.98 Å². The van der Waals surface area contributed by atoms with Crippen molar-refractivity contribution in [1.82, 2.24) is 4.98 Å². The minimum absolute atomic E-state index is 0.674. The fourth-order valence-electron chi connectivity index (χ4n) is 3.09. The number of hydrogen-bond acceptors (Lipinski definition) is 6. The lowest BCUT2D eigenvalue weighted by Gasteiger charge is -2.12. The van der Waals surface area contributed by atoms with E-state index >= 15 is 0 Å². The lowest BCUT2D eigenvalue weighted by Crippen LogP contribution is -1.97. The summed E-state index contributed by atoms with van der Waals surface area (Å²) in [7, 11) is 6.53. The normalized spacial score (nSPS) is 10.2. The summed E-state index contributed by atoms with van der Waals surface area (Å²) in [6.07, 6.45) is 4.87. The van der Waals surface area contributed by atoms with Gasteiger partial charge in [0.15, 0.2) is 23.0 Å². The van der Waals surface area contributed by atoms with Gasteiger partial charge in [0, 0.05) is 18.0 Å². The van der Waals surface area contributed by atoms with Crippen molar-refractivity contribution in [2.24, 2.45) is 5.73 Å². The number of nitrogens with two attached hydrogens (primary N) is 1. The molecule has 2 N–H and O–H groups in total. The highest BCUT2D eigenvalue weighted by Crippen LogP contribution is 2.34. The highest BCUT2D eigenvalue weighted by Gasteiger charge is 2.11. The number of ether oxygens (including phenoxy) is 4. The number of unbranched alkanes of at least 4 members (excludes halogenated alkanes) is 1. The van der Waals surface area contributed by atoms with Crippen LogP contribution >= 0.6 is 0 Å². The Hall–Kier alpha value is -2.99. The third-order valence-electron chi connectivity index (χ3n) is 4.73. The lowest BCUT2D eigenvalue weighted by atomic mass is 10.0. The molecule has 162 valence electrons. The molecule has 0 saturated carbocycles. The van der Waals surface area contributed by atoms with Gasteiger partial charge >= 0.3 is 0 Å². The summed E-state index contributed by atoms with van der Waals surface area (Å²) in [5.41, 5.74) is 7.19. The molecule has 1 aromatic heterocycles. The van der Waals surface area contributed by atoms with Crippen LogP contribution in [0.5, 0.6) is 23.0 Å². The molecule has 0 atom stereocenters. The fourth-order valence-corrected chi connectivity index (χ4v) is 3.09. The van der Waals surface area contributed by atoms with E-state index in [0.717, 1.165) is 28.6 Å². The van der Waals surface area contributed by atoms with E-state index in [9.17, 15) is 0 Å². The minimum atomic E-state index is 0.674. The molecule has 6 heteroatoms. The van der Waals surface area contributed by atoms with Gasteiger partial charge in [0.2, 0.25) is 0 Å². The summed E-state index contributed by atoms with van der Waals surface area (Å²) in [6.45, 7) is 2.98. The van der Waals surface area contributed by atoms with Crippen LogP contribution in [0.25, 0.3) is 10.8 Å². The average Bonchev–Trinajstić information content (AvgIpc) is 2.79. The fraction of sp³-hybridized carbons (Fsp3) is 0.375. The van der Waals surface area contributed by atoms with Crippen molar-refractivity contribution in [3.63, 3.8) is 0 Å². The number of nitrogens with zero attached hydrogens (tertiary/aromatic N) is 1. The SMILES string of the molecule is CCCCN.COc1ccc(Cc2nccc3cc(OC)c(OC)cc23)cc1OC. The first-order valence-corrected chi connectivity index (χ1v) is 10.0. The van der Waals surface area contributed by atoms with Crippen LogP contribution in [0.2, 0.25) is 0 Å². The molecule has 3 aromatic rings. The van der Waals surface area contributed by atoms with Crippen LogP contribution in [0.4, 0.5) is 0 Å². The predicted molar refractivity (Wildman–Crippen MR) is 121 cm³/mol. The second-order valence-electron chi connectivity index (χ2n) is 6.69. The molecule has 3 rings (SSSR count). The second-order valence-corrected chi connectivity index (χ2v) is 6.69. The Morgan fingerprint density at radius 2 is 1.43 bits per heavy atom. The van der Waals surface area contributed by atoms with Crippen molar-refractivity contribution in [1.29, 1.82) is 0 Å². The van der Waals surface area contributed by atoms with Gasteiger partial charge in [-0.25, -0.2) is 0 Å². The molecule has 0 aliphatic rings. The van der Waals surface area contributed by atoms with Gasteiger partial charge in [-0.1, -0.05) is 19.4 Å². The highest BCUT2D eigenvalue weighted by molar-refractivity contribution is 5.88. The Morgan fingerprint density at radius 3 is 2.00 bits per heavy atom. The number of methoxy groups -OCH3 is 4. The molecular weight excluding hydrogens is 380 g/mol. The van der Waals surface area contributed by atoms with Crippen LogP contribution in [0, 0.1) is 0 Å². The quantitative estimate of drug-likeness (QED) is 0.582. The summed E-state index contributed by atoms with van der Waals surface area (Å²) in [5.74, 6) is 2.82. The standard InChI is InChI=1S/C20H21NO4.C4H11N/c1-22-17-6-5-13(10-18(17)23-2)9-16-15-12-20(25-4)19(24-3)11-14(15)7-8-21-16;1-2-3-4-5/h5-8,10-12H,9H2,1-4H3;2-5H2,1H3. The molecule has 0 bridgehead atoms. The first-order chi connectivity index (χ1) is 14.6. The summed E-state index contributed by atoms with van der Waals surface area (Å²) >= 11 is 0. The van der Waals surface area contributed by atoms with E-state index < -0.39 is 0 Å². The zero-order chi connectivity index (χ0) is 21.9. The van der Waals surface area contributed by atoms with Crippen molar-refractivity contribution < 1.29 is 18.9 Å². The number of rotatable bonds is 8. The Balaban J connectivity index is 0.000000575. The molecule has 30 heavy (non-hydrogen) atoms. The Bertz CT molecular complexity index is 942. The zero-order valence-corrected chi connectivity index (χ0v) is 18.5. The molecule has 0 radical (unpaired) electrons. The van der Waals surface area contributed by atoms with E-state index in [4.69, 9.17) is 24.7 Å². The number of fused-ring (bicyclic) bond motifs is 1. The summed E-state index contributed by atoms with van der Waals surface area (Å²) in [5, 5.41) is 2.10. The third-order valence-corrected chi connectivity index (χ3v) is 4.73. The highest BCUT2D eigenvalue weighted by atomic mass is 16.5. The number of aromatic nitrogens is 1. The Morgan fingerprint density at radius 1 is 0.800 bits per heavy atom. The Kier molecular flexibility index (Phi) is 9.22. The predicted octanol–water partition coefficient (Wildman–Crippen LogP) is 4.61. The Labute approximate surface area is 178 Å². The van der Waals surface area contributed by atoms with Gasteiger partial charge in [0.25, 0.3) is 0 Å². The molecule has 0 saturated heterocycles. The van der Waals surface area contributed by atoms with Crippen LogP contribution in [0.3, 0.4) is 0 Å². The topological polar surface area (TPSA) is 75.8 Å². The molecule has 2 aromatic carbocycles. The van der Waals surface area contributed by atoms with Crippen molar-refractivity contribution >= 4 is 10.8 Å². The van der Waals surface area contributed by atoms with Crippen LogP contribution in [-0.2, 0) is 6.42 Å². The van der Waals surface area contributed by atoms with Crippen LogP contribution < -0.4 is 24.7 Å². The molecule has 0 aliphatic heterocycles. The molecule has 0 aliphatic carbocycles. The first kappa shape index (κ1) is 23.3. The molecule has 0 fully saturated rings. The number of hydrogen-bond donors (Lipinski definition) is 1. The van der Waals surface area contributed by atoms with Crippen molar-refractivity contribution in [3.05, 3.63) is 53.9 Å². The van der Waals surface area contributed by atoms with E-state index in [1.807, 2.05) is 42.6 Å². The molecule has 6 nitrogen and oxygen atoms in total. The molecule has 1 heterocycles. The second kappa shape index (κ2) is 11.9. The van der Waals surface area contributed by atoms with Crippen molar-refractivity contribution in [2.75, 3.05) is 35.0 Å². The maximum atomic E-state index is 5.43. The van der Waals surface area contributed by atoms with E-state index in [1.54, 1.807) is 28.4 Å². The lowest BCUT2D eigenvalue weighted by molar-refractivity contribution is 0.354. The zero-order valence-electron chi connectivity index (χ0n) is 18.5. The largest absolute Gasteiger partial charge is 0.493 e. The summed E-state index contributed by atoms with van der Waals surface area (Å²) in [6, 6.07) is 11.8. The van der Waals surface area contributed by atoms with Gasteiger partial charge < -0.3 is 24.7 Å². The van der Waals surface area contributed by atoms with E-state index in [1.165, 1.54) is 12.8 Å². The monoisotopic (exact) mass is 412 g/mol. The van der Waals surface area contributed by atoms with Crippen LogP contribution in [-0.4, -0.2) is 40.0 Å². The van der Waals surface area contributed by atoms with Gasteiger partial charge in [0.05, 0.1) is 34.1 Å². The molecule has 0 amide bonds. The van der Waals surface area contributed by atoms with E-state index in [0.29, 0.717) is 29.4 Å².